The Morgan fingerprint density at radius 3 is 2.38 bits per heavy atom. The largest absolute Gasteiger partial charge is 0.478 e. The van der Waals surface area contributed by atoms with Gasteiger partial charge in [-0.15, -0.1) is 0 Å². The third-order valence-electron chi connectivity index (χ3n) is 7.13. The lowest BCUT2D eigenvalue weighted by atomic mass is 9.98. The molecule has 6 nitrogen and oxygen atoms in total. The Morgan fingerprint density at radius 1 is 1.06 bits per heavy atom. The summed E-state index contributed by atoms with van der Waals surface area (Å²) in [6.45, 7) is 12.5. The van der Waals surface area contributed by atoms with Gasteiger partial charge in [-0.2, -0.15) is 0 Å². The van der Waals surface area contributed by atoms with Crippen LogP contribution in [0.5, 0.6) is 0 Å². The topological polar surface area (TPSA) is 79.7 Å². The smallest absolute Gasteiger partial charge is 0.335 e. The van der Waals surface area contributed by atoms with Gasteiger partial charge in [0.1, 0.15) is 0 Å². The van der Waals surface area contributed by atoms with Gasteiger partial charge in [-0.3, -0.25) is 9.78 Å². The van der Waals surface area contributed by atoms with Crippen molar-refractivity contribution in [3.05, 3.63) is 65.9 Å². The number of likely N-dealkylation sites (tertiary alicyclic amines) is 1. The highest BCUT2D eigenvalue weighted by Crippen LogP contribution is 2.38. The van der Waals surface area contributed by atoms with E-state index in [1.54, 1.807) is 30.5 Å². The van der Waals surface area contributed by atoms with Crippen molar-refractivity contribution >= 4 is 31.1 Å². The van der Waals surface area contributed by atoms with Crippen molar-refractivity contribution in [1.29, 1.82) is 0 Å². The first-order valence-electron chi connectivity index (χ1n) is 11.7. The van der Waals surface area contributed by atoms with E-state index in [9.17, 15) is 14.7 Å². The number of rotatable bonds is 5. The van der Waals surface area contributed by atoms with Crippen LogP contribution in [0, 0.1) is 0 Å². The van der Waals surface area contributed by atoms with Gasteiger partial charge in [0.25, 0.3) is 5.91 Å². The third kappa shape index (κ3) is 4.76. The van der Waals surface area contributed by atoms with E-state index < -0.39 is 14.3 Å². The summed E-state index contributed by atoms with van der Waals surface area (Å²) in [5.74, 6) is -0.959. The molecule has 1 saturated heterocycles. The predicted molar refractivity (Wildman–Crippen MR) is 137 cm³/mol. The SMILES string of the molecule is CC(C)(C)[Si](C)(C)OC1CCN(C(=O)c2ccc3nccc(-c4ccc(C(=O)O)cc4)c3c2)C1. The maximum absolute atomic E-state index is 13.4. The minimum atomic E-state index is -1.89. The van der Waals surface area contributed by atoms with E-state index in [1.165, 1.54) is 0 Å². The number of aromatic nitrogens is 1. The Bertz CT molecular complexity index is 1230. The van der Waals surface area contributed by atoms with E-state index in [1.807, 2.05) is 29.2 Å². The van der Waals surface area contributed by atoms with E-state index in [-0.39, 0.29) is 22.6 Å². The van der Waals surface area contributed by atoms with Crippen molar-refractivity contribution in [1.82, 2.24) is 9.88 Å². The van der Waals surface area contributed by atoms with Gasteiger partial charge < -0.3 is 14.4 Å². The highest BCUT2D eigenvalue weighted by atomic mass is 28.4. The molecule has 2 aromatic carbocycles. The lowest BCUT2D eigenvalue weighted by Crippen LogP contribution is -2.44. The molecule has 34 heavy (non-hydrogen) atoms. The molecule has 0 saturated carbocycles. The first-order valence-corrected chi connectivity index (χ1v) is 14.6. The monoisotopic (exact) mass is 476 g/mol. The molecule has 3 aromatic rings. The summed E-state index contributed by atoms with van der Waals surface area (Å²) in [6, 6.07) is 14.2. The second-order valence-electron chi connectivity index (χ2n) is 10.5. The summed E-state index contributed by atoms with van der Waals surface area (Å²) in [5, 5.41) is 10.2. The molecule has 1 aliphatic rings. The minimum Gasteiger partial charge on any atom is -0.478 e. The molecule has 1 atom stereocenters. The van der Waals surface area contributed by atoms with Crippen molar-refractivity contribution in [2.45, 2.75) is 51.4 Å². The lowest BCUT2D eigenvalue weighted by molar-refractivity contribution is 0.0696. The van der Waals surface area contributed by atoms with Gasteiger partial charge in [-0.05, 0) is 72.1 Å². The average molecular weight is 477 g/mol. The number of aromatic carboxylic acids is 1. The van der Waals surface area contributed by atoms with Gasteiger partial charge in [-0.1, -0.05) is 32.9 Å². The summed E-state index contributed by atoms with van der Waals surface area (Å²) in [4.78, 5) is 30.9. The van der Waals surface area contributed by atoms with Gasteiger partial charge in [-0.25, -0.2) is 4.79 Å². The standard InChI is InChI=1S/C27H32N2O4Si/c1-27(2,3)34(4,5)33-21-13-15-29(17-21)25(30)20-10-11-24-23(16-20)22(12-14-28-24)18-6-8-19(9-7-18)26(31)32/h6-12,14,16,21H,13,15,17H2,1-5H3,(H,31,32). The molecule has 4 rings (SSSR count). The van der Waals surface area contributed by atoms with Gasteiger partial charge in [0.2, 0.25) is 0 Å². The zero-order valence-electron chi connectivity index (χ0n) is 20.5. The van der Waals surface area contributed by atoms with Crippen LogP contribution < -0.4 is 0 Å². The number of carboxylic acid groups (broad SMARTS) is 1. The molecule has 178 valence electrons. The second-order valence-corrected chi connectivity index (χ2v) is 15.3. The van der Waals surface area contributed by atoms with Crippen LogP contribution >= 0.6 is 0 Å². The molecular weight excluding hydrogens is 444 g/mol. The van der Waals surface area contributed by atoms with Crippen LogP contribution in [0.4, 0.5) is 0 Å². The summed E-state index contributed by atoms with van der Waals surface area (Å²) >= 11 is 0. The molecule has 0 aliphatic carbocycles. The number of carboxylic acids is 1. The van der Waals surface area contributed by atoms with E-state index in [0.717, 1.165) is 28.5 Å². The molecule has 1 aliphatic heterocycles. The number of carbonyl (C=O) groups excluding carboxylic acids is 1. The van der Waals surface area contributed by atoms with Crippen LogP contribution in [-0.4, -0.2) is 54.4 Å². The fourth-order valence-electron chi connectivity index (χ4n) is 4.11. The number of hydrogen-bond donors (Lipinski definition) is 1. The Kier molecular flexibility index (Phi) is 6.35. The van der Waals surface area contributed by atoms with Crippen molar-refractivity contribution in [2.75, 3.05) is 13.1 Å². The summed E-state index contributed by atoms with van der Waals surface area (Å²) < 4.78 is 6.55. The number of amides is 1. The molecule has 7 heteroatoms. The fourth-order valence-corrected chi connectivity index (χ4v) is 5.49. The first kappa shape index (κ1) is 24.1. The summed E-state index contributed by atoms with van der Waals surface area (Å²) in [7, 11) is -1.89. The fraction of sp³-hybridized carbons (Fsp3) is 0.370. The maximum Gasteiger partial charge on any atom is 0.335 e. The number of carbonyl (C=O) groups is 2. The number of fused-ring (bicyclic) bond motifs is 1. The van der Waals surface area contributed by atoms with E-state index in [2.05, 4.69) is 38.8 Å². The van der Waals surface area contributed by atoms with Crippen molar-refractivity contribution in [3.63, 3.8) is 0 Å². The number of pyridine rings is 1. The van der Waals surface area contributed by atoms with Gasteiger partial charge in [0.15, 0.2) is 8.32 Å². The van der Waals surface area contributed by atoms with Gasteiger partial charge in [0.05, 0.1) is 17.2 Å². The molecule has 1 amide bonds. The van der Waals surface area contributed by atoms with Crippen LogP contribution in [0.2, 0.25) is 18.1 Å². The third-order valence-corrected chi connectivity index (χ3v) is 11.7. The molecule has 2 heterocycles. The average Bonchev–Trinajstić information content (AvgIpc) is 3.25. The molecule has 1 N–H and O–H groups in total. The molecule has 0 bridgehead atoms. The minimum absolute atomic E-state index is 0.000686. The number of hydrogen-bond acceptors (Lipinski definition) is 4. The molecule has 1 fully saturated rings. The van der Waals surface area contributed by atoms with Crippen LogP contribution in [-0.2, 0) is 4.43 Å². The van der Waals surface area contributed by atoms with E-state index in [4.69, 9.17) is 4.43 Å². The zero-order chi connectivity index (χ0) is 24.7. The Hall–Kier alpha value is -3.03. The number of nitrogens with zero attached hydrogens (tertiary/aromatic N) is 2. The Balaban J connectivity index is 1.58. The first-order chi connectivity index (χ1) is 16.0. The van der Waals surface area contributed by atoms with Gasteiger partial charge in [0, 0.05) is 30.2 Å². The molecule has 0 radical (unpaired) electrons. The molecule has 0 spiro atoms. The highest BCUT2D eigenvalue weighted by Gasteiger charge is 2.41. The Labute approximate surface area is 201 Å². The Morgan fingerprint density at radius 2 is 1.74 bits per heavy atom. The van der Waals surface area contributed by atoms with Crippen molar-refractivity contribution < 1.29 is 19.1 Å². The molecule has 1 aromatic heterocycles. The predicted octanol–water partition coefficient (Wildman–Crippen LogP) is 5.84. The quantitative estimate of drug-likeness (QED) is 0.468. The number of benzene rings is 2. The summed E-state index contributed by atoms with van der Waals surface area (Å²) in [5.41, 5.74) is 3.44. The lowest BCUT2D eigenvalue weighted by Gasteiger charge is -2.38. The van der Waals surface area contributed by atoms with Crippen LogP contribution in [0.1, 0.15) is 47.9 Å². The zero-order valence-corrected chi connectivity index (χ0v) is 21.5. The van der Waals surface area contributed by atoms with E-state index >= 15 is 0 Å². The second kappa shape index (κ2) is 8.96. The highest BCUT2D eigenvalue weighted by molar-refractivity contribution is 6.74. The summed E-state index contributed by atoms with van der Waals surface area (Å²) in [6.07, 6.45) is 2.66. The molecular formula is C27H32N2O4Si. The van der Waals surface area contributed by atoms with Crippen molar-refractivity contribution in [2.24, 2.45) is 0 Å². The van der Waals surface area contributed by atoms with Gasteiger partial charge >= 0.3 is 5.97 Å². The van der Waals surface area contributed by atoms with Crippen LogP contribution in [0.25, 0.3) is 22.0 Å². The van der Waals surface area contributed by atoms with Crippen LogP contribution in [0.15, 0.2) is 54.7 Å². The van der Waals surface area contributed by atoms with Crippen LogP contribution in [0.3, 0.4) is 0 Å². The normalized spacial score (nSPS) is 16.7. The van der Waals surface area contributed by atoms with E-state index in [0.29, 0.717) is 18.7 Å². The molecule has 1 unspecified atom stereocenters. The van der Waals surface area contributed by atoms with Crippen molar-refractivity contribution in [3.8, 4) is 11.1 Å². The maximum atomic E-state index is 13.4.